The molecule has 1 aliphatic rings. The molecular weight excluding hydrogens is 191 g/mol. The van der Waals surface area contributed by atoms with Crippen LogP contribution in [0.1, 0.15) is 25.7 Å². The Balaban J connectivity index is 2.73. The second-order valence-electron chi connectivity index (χ2n) is 3.91. The van der Waals surface area contributed by atoms with E-state index in [4.69, 9.17) is 5.73 Å². The first-order chi connectivity index (χ1) is 6.46. The van der Waals surface area contributed by atoms with Crippen molar-refractivity contribution in [1.29, 1.82) is 0 Å². The minimum absolute atomic E-state index is 0.218. The Morgan fingerprint density at radius 2 is 1.86 bits per heavy atom. The quantitative estimate of drug-likeness (QED) is 0.692. The summed E-state index contributed by atoms with van der Waals surface area (Å²) < 4.78 is 37.8. The third kappa shape index (κ3) is 2.50. The molecule has 0 heterocycles. The lowest BCUT2D eigenvalue weighted by molar-refractivity contribution is -0.197. The first kappa shape index (κ1) is 11.6. The molecule has 82 valence electrons. The highest BCUT2D eigenvalue weighted by molar-refractivity contribution is 4.94. The summed E-state index contributed by atoms with van der Waals surface area (Å²) in [5.41, 5.74) is 5.62. The highest BCUT2D eigenvalue weighted by Crippen LogP contribution is 2.42. The van der Waals surface area contributed by atoms with Gasteiger partial charge in [0.1, 0.15) is 0 Å². The van der Waals surface area contributed by atoms with Crippen molar-refractivity contribution < 1.29 is 13.2 Å². The van der Waals surface area contributed by atoms with E-state index in [1.807, 2.05) is 0 Å². The predicted molar refractivity (Wildman–Crippen MR) is 49.7 cm³/mol. The maximum Gasteiger partial charge on any atom is 0.392 e. The van der Waals surface area contributed by atoms with Gasteiger partial charge in [-0.2, -0.15) is 13.2 Å². The number of hydrogen-bond acceptors (Lipinski definition) is 1. The van der Waals surface area contributed by atoms with Crippen LogP contribution in [0.25, 0.3) is 0 Å². The van der Waals surface area contributed by atoms with Crippen molar-refractivity contribution in [3.63, 3.8) is 0 Å². The molecule has 0 bridgehead atoms. The zero-order valence-electron chi connectivity index (χ0n) is 8.06. The van der Waals surface area contributed by atoms with E-state index in [0.29, 0.717) is 12.8 Å². The maximum atomic E-state index is 12.6. The highest BCUT2D eigenvalue weighted by atomic mass is 19.4. The van der Waals surface area contributed by atoms with Gasteiger partial charge in [0.2, 0.25) is 0 Å². The van der Waals surface area contributed by atoms with Crippen LogP contribution in [0.4, 0.5) is 13.2 Å². The molecule has 0 radical (unpaired) electrons. The molecule has 3 unspecified atom stereocenters. The minimum atomic E-state index is -4.11. The number of alkyl halides is 3. The van der Waals surface area contributed by atoms with E-state index >= 15 is 0 Å². The lowest BCUT2D eigenvalue weighted by atomic mass is 9.75. The van der Waals surface area contributed by atoms with E-state index in [0.717, 1.165) is 6.42 Å². The van der Waals surface area contributed by atoms with Gasteiger partial charge in [-0.15, -0.1) is 6.58 Å². The smallest absolute Gasteiger partial charge is 0.324 e. The standard InChI is InChI=1S/C10H16F3N/c1-2-9(14)7-5-3-4-6-8(7)10(11,12)13/h2,7-9H,1,3-6,14H2. The van der Waals surface area contributed by atoms with Crippen LogP contribution in [0.3, 0.4) is 0 Å². The van der Waals surface area contributed by atoms with E-state index in [9.17, 15) is 13.2 Å². The second kappa shape index (κ2) is 4.34. The minimum Gasteiger partial charge on any atom is -0.324 e. The van der Waals surface area contributed by atoms with E-state index in [2.05, 4.69) is 6.58 Å². The Morgan fingerprint density at radius 3 is 2.36 bits per heavy atom. The van der Waals surface area contributed by atoms with E-state index in [1.165, 1.54) is 6.08 Å². The van der Waals surface area contributed by atoms with Crippen molar-refractivity contribution in [2.24, 2.45) is 17.6 Å². The van der Waals surface area contributed by atoms with Crippen molar-refractivity contribution in [2.75, 3.05) is 0 Å². The monoisotopic (exact) mass is 207 g/mol. The molecular formula is C10H16F3N. The SMILES string of the molecule is C=CC(N)C1CCCCC1C(F)(F)F. The van der Waals surface area contributed by atoms with Gasteiger partial charge in [-0.1, -0.05) is 18.9 Å². The molecule has 1 fully saturated rings. The van der Waals surface area contributed by atoms with Crippen LogP contribution >= 0.6 is 0 Å². The van der Waals surface area contributed by atoms with E-state index in [-0.39, 0.29) is 6.42 Å². The zero-order chi connectivity index (χ0) is 10.8. The number of rotatable bonds is 2. The molecule has 0 aromatic rings. The van der Waals surface area contributed by atoms with Gasteiger partial charge < -0.3 is 5.73 Å². The van der Waals surface area contributed by atoms with E-state index in [1.54, 1.807) is 0 Å². The first-order valence-corrected chi connectivity index (χ1v) is 4.91. The summed E-state index contributed by atoms with van der Waals surface area (Å²) in [4.78, 5) is 0. The lowest BCUT2D eigenvalue weighted by Gasteiger charge is -2.35. The highest BCUT2D eigenvalue weighted by Gasteiger charge is 2.46. The molecule has 0 amide bonds. The Kier molecular flexibility index (Phi) is 3.59. The molecule has 0 spiro atoms. The van der Waals surface area contributed by atoms with Crippen LogP contribution in [0, 0.1) is 11.8 Å². The van der Waals surface area contributed by atoms with Gasteiger partial charge in [-0.25, -0.2) is 0 Å². The molecule has 1 aliphatic carbocycles. The van der Waals surface area contributed by atoms with Gasteiger partial charge >= 0.3 is 6.18 Å². The molecule has 0 aromatic heterocycles. The Hall–Kier alpha value is -0.510. The molecule has 1 nitrogen and oxygen atoms in total. The van der Waals surface area contributed by atoms with Crippen LogP contribution in [0.15, 0.2) is 12.7 Å². The average molecular weight is 207 g/mol. The Bertz CT molecular complexity index is 200. The van der Waals surface area contributed by atoms with Crippen molar-refractivity contribution in [3.8, 4) is 0 Å². The van der Waals surface area contributed by atoms with Gasteiger partial charge in [0.05, 0.1) is 5.92 Å². The Morgan fingerprint density at radius 1 is 1.29 bits per heavy atom. The summed E-state index contributed by atoms with van der Waals surface area (Å²) in [6.07, 6.45) is -0.392. The second-order valence-corrected chi connectivity index (χ2v) is 3.91. The lowest BCUT2D eigenvalue weighted by Crippen LogP contribution is -2.42. The largest absolute Gasteiger partial charge is 0.392 e. The third-order valence-corrected chi connectivity index (χ3v) is 3.01. The summed E-state index contributed by atoms with van der Waals surface area (Å²) in [6.45, 7) is 3.46. The van der Waals surface area contributed by atoms with Crippen LogP contribution in [0.2, 0.25) is 0 Å². The van der Waals surface area contributed by atoms with Gasteiger partial charge in [0.15, 0.2) is 0 Å². The number of nitrogens with two attached hydrogens (primary N) is 1. The van der Waals surface area contributed by atoms with E-state index < -0.39 is 24.1 Å². The van der Waals surface area contributed by atoms with Crippen molar-refractivity contribution in [3.05, 3.63) is 12.7 Å². The number of halogens is 3. The summed E-state index contributed by atoms with van der Waals surface area (Å²) >= 11 is 0. The topological polar surface area (TPSA) is 26.0 Å². The fraction of sp³-hybridized carbons (Fsp3) is 0.800. The molecule has 0 aliphatic heterocycles. The molecule has 2 N–H and O–H groups in total. The molecule has 14 heavy (non-hydrogen) atoms. The maximum absolute atomic E-state index is 12.6. The van der Waals surface area contributed by atoms with Crippen LogP contribution in [-0.4, -0.2) is 12.2 Å². The number of hydrogen-bond donors (Lipinski definition) is 1. The normalized spacial score (nSPS) is 31.1. The summed E-state index contributed by atoms with van der Waals surface area (Å²) in [6, 6.07) is -0.526. The fourth-order valence-electron chi connectivity index (χ4n) is 2.20. The van der Waals surface area contributed by atoms with Crippen molar-refractivity contribution >= 4 is 0 Å². The predicted octanol–water partition coefficient (Wildman–Crippen LogP) is 2.87. The summed E-state index contributed by atoms with van der Waals surface area (Å²) in [5.74, 6) is -1.70. The summed E-state index contributed by atoms with van der Waals surface area (Å²) in [5, 5.41) is 0. The molecule has 1 rings (SSSR count). The molecule has 4 heteroatoms. The summed E-state index contributed by atoms with van der Waals surface area (Å²) in [7, 11) is 0. The van der Waals surface area contributed by atoms with Gasteiger partial charge in [0.25, 0.3) is 0 Å². The molecule has 0 aromatic carbocycles. The van der Waals surface area contributed by atoms with Crippen LogP contribution < -0.4 is 5.73 Å². The molecule has 0 saturated heterocycles. The molecule has 1 saturated carbocycles. The third-order valence-electron chi connectivity index (χ3n) is 3.01. The van der Waals surface area contributed by atoms with Crippen LogP contribution in [0.5, 0.6) is 0 Å². The fourth-order valence-corrected chi connectivity index (χ4v) is 2.20. The Labute approximate surface area is 82.2 Å². The van der Waals surface area contributed by atoms with Gasteiger partial charge in [0, 0.05) is 6.04 Å². The van der Waals surface area contributed by atoms with Gasteiger partial charge in [-0.05, 0) is 18.8 Å². The van der Waals surface area contributed by atoms with Crippen molar-refractivity contribution in [1.82, 2.24) is 0 Å². The molecule has 3 atom stereocenters. The van der Waals surface area contributed by atoms with Gasteiger partial charge in [-0.3, -0.25) is 0 Å². The average Bonchev–Trinajstić information content (AvgIpc) is 2.15. The van der Waals surface area contributed by atoms with Crippen molar-refractivity contribution in [2.45, 2.75) is 37.9 Å². The first-order valence-electron chi connectivity index (χ1n) is 4.91. The van der Waals surface area contributed by atoms with Crippen LogP contribution in [-0.2, 0) is 0 Å². The zero-order valence-corrected chi connectivity index (χ0v) is 8.06.